The van der Waals surface area contributed by atoms with Crippen molar-refractivity contribution in [3.63, 3.8) is 0 Å². The number of hydrogen-bond donors (Lipinski definition) is 3. The maximum atomic E-state index is 13.1. The fraction of sp³-hybridized carbons (Fsp3) is 0.129. The number of phenolic OH excluding ortho intramolecular Hbond substituents is 1. The number of hydrazone groups is 1. The summed E-state index contributed by atoms with van der Waals surface area (Å²) in [6.45, 7) is 0. The molecule has 0 bridgehead atoms. The van der Waals surface area contributed by atoms with Crippen LogP contribution in [0, 0.1) is 21.4 Å². The first-order valence-corrected chi connectivity index (χ1v) is 14.0. The van der Waals surface area contributed by atoms with E-state index < -0.39 is 16.7 Å². The molecule has 0 radical (unpaired) electrons. The minimum Gasteiger partial charge on any atom is -0.507 e. The number of nitro groups is 1. The number of nitrogens with one attached hydrogen (secondary N) is 2. The van der Waals surface area contributed by atoms with E-state index in [1.54, 1.807) is 12.1 Å². The van der Waals surface area contributed by atoms with E-state index in [9.17, 15) is 30.1 Å². The smallest absolute Gasteiger partial charge is 0.275 e. The summed E-state index contributed by atoms with van der Waals surface area (Å²) in [5.74, 6) is -2.15. The molecule has 0 fully saturated rings. The zero-order valence-electron chi connectivity index (χ0n) is 22.6. The molecule has 0 saturated carbocycles. The van der Waals surface area contributed by atoms with E-state index in [0.717, 1.165) is 21.0 Å². The Hall–Kier alpha value is -5.67. The Balaban J connectivity index is 1.35. The van der Waals surface area contributed by atoms with Crippen molar-refractivity contribution in [1.29, 1.82) is 5.26 Å². The molecule has 0 aliphatic rings. The standard InChI is InChI=1S/C31H24N6O5S/c32-18-24(31-34-26-11-3-4-13-28(26)43-31)25(12-6-14-29(39)33-21-9-5-10-22(17-21)37(41)42)35-36-30(40)23-15-19-7-1-2-8-20(19)16-27(23)38/h1-5,7-11,13,15-17,24,38H,6,12,14H2,(H,33,39)(H,36,40)/b35-25-. The van der Waals surface area contributed by atoms with E-state index in [2.05, 4.69) is 26.9 Å². The van der Waals surface area contributed by atoms with Crippen molar-refractivity contribution in [1.82, 2.24) is 10.4 Å². The third-order valence-corrected chi connectivity index (χ3v) is 7.71. The molecule has 12 heteroatoms. The second-order valence-corrected chi connectivity index (χ2v) is 10.6. The number of fused-ring (bicyclic) bond motifs is 2. The SMILES string of the molecule is N#CC(/C(CCCC(=O)Nc1cccc([N+](=O)[O-])c1)=N\NC(=O)c1cc2ccccc2cc1O)c1nc2ccccc2s1. The fourth-order valence-electron chi connectivity index (χ4n) is 4.49. The highest BCUT2D eigenvalue weighted by atomic mass is 32.1. The average molecular weight is 593 g/mol. The Labute approximate surface area is 249 Å². The molecule has 4 aromatic carbocycles. The summed E-state index contributed by atoms with van der Waals surface area (Å²) in [5, 5.41) is 40.6. The fourth-order valence-corrected chi connectivity index (χ4v) is 5.54. The van der Waals surface area contributed by atoms with Gasteiger partial charge in [0.25, 0.3) is 11.6 Å². The molecule has 1 aromatic heterocycles. The van der Waals surface area contributed by atoms with Crippen LogP contribution in [0.4, 0.5) is 11.4 Å². The van der Waals surface area contributed by atoms with E-state index in [-0.39, 0.29) is 42.2 Å². The Kier molecular flexibility index (Phi) is 8.64. The molecule has 1 unspecified atom stereocenters. The molecular formula is C31H24N6O5S. The summed E-state index contributed by atoms with van der Waals surface area (Å²) in [5.41, 5.74) is 3.65. The van der Waals surface area contributed by atoms with Crippen molar-refractivity contribution in [2.75, 3.05) is 5.32 Å². The Bertz CT molecular complexity index is 1900. The number of phenols is 1. The van der Waals surface area contributed by atoms with Crippen molar-refractivity contribution >= 4 is 61.2 Å². The van der Waals surface area contributed by atoms with Crippen LogP contribution in [0.5, 0.6) is 5.75 Å². The van der Waals surface area contributed by atoms with Gasteiger partial charge in [-0.05, 0) is 53.9 Å². The second kappa shape index (κ2) is 12.9. The lowest BCUT2D eigenvalue weighted by Crippen LogP contribution is -2.23. The number of nitro benzene ring substituents is 1. The Morgan fingerprint density at radius 3 is 2.51 bits per heavy atom. The molecule has 0 aliphatic heterocycles. The van der Waals surface area contributed by atoms with E-state index >= 15 is 0 Å². The summed E-state index contributed by atoms with van der Waals surface area (Å²) in [4.78, 5) is 40.8. The number of anilines is 1. The first-order valence-electron chi connectivity index (χ1n) is 13.2. The molecule has 0 aliphatic carbocycles. The average Bonchev–Trinajstić information content (AvgIpc) is 3.43. The van der Waals surface area contributed by atoms with Crippen molar-refractivity contribution in [3.05, 3.63) is 106 Å². The van der Waals surface area contributed by atoms with Gasteiger partial charge in [0.15, 0.2) is 0 Å². The number of carbonyl (C=O) groups excluding carboxylic acids is 2. The van der Waals surface area contributed by atoms with Crippen LogP contribution in [-0.4, -0.2) is 32.5 Å². The molecule has 1 heterocycles. The molecule has 214 valence electrons. The molecular weight excluding hydrogens is 568 g/mol. The number of amides is 2. The number of thiazole rings is 1. The Morgan fingerprint density at radius 1 is 1.02 bits per heavy atom. The zero-order valence-corrected chi connectivity index (χ0v) is 23.4. The lowest BCUT2D eigenvalue weighted by atomic mass is 10.00. The van der Waals surface area contributed by atoms with E-state index in [4.69, 9.17) is 0 Å². The van der Waals surface area contributed by atoms with Crippen LogP contribution in [0.15, 0.2) is 90.0 Å². The molecule has 5 aromatic rings. The highest BCUT2D eigenvalue weighted by Gasteiger charge is 2.23. The van der Waals surface area contributed by atoms with Gasteiger partial charge in [0.2, 0.25) is 5.91 Å². The number of carbonyl (C=O) groups is 2. The van der Waals surface area contributed by atoms with Crippen molar-refractivity contribution in [2.24, 2.45) is 5.10 Å². The monoisotopic (exact) mass is 592 g/mol. The van der Waals surface area contributed by atoms with Gasteiger partial charge in [0, 0.05) is 24.2 Å². The number of nitrogens with zero attached hydrogens (tertiary/aromatic N) is 4. The van der Waals surface area contributed by atoms with Crippen LogP contribution in [0.2, 0.25) is 0 Å². The van der Waals surface area contributed by atoms with Crippen LogP contribution < -0.4 is 10.7 Å². The van der Waals surface area contributed by atoms with Crippen molar-refractivity contribution < 1.29 is 19.6 Å². The molecule has 11 nitrogen and oxygen atoms in total. The number of para-hydroxylation sites is 1. The topological polar surface area (TPSA) is 171 Å². The summed E-state index contributed by atoms with van der Waals surface area (Å²) in [6, 6.07) is 25.6. The number of aromatic nitrogens is 1. The van der Waals surface area contributed by atoms with Crippen LogP contribution >= 0.6 is 11.3 Å². The molecule has 2 amide bonds. The highest BCUT2D eigenvalue weighted by Crippen LogP contribution is 2.30. The summed E-state index contributed by atoms with van der Waals surface area (Å²) in [7, 11) is 0. The van der Waals surface area contributed by atoms with Gasteiger partial charge in [0.1, 0.15) is 16.7 Å². The lowest BCUT2D eigenvalue weighted by molar-refractivity contribution is -0.384. The molecule has 0 saturated heterocycles. The second-order valence-electron chi connectivity index (χ2n) is 9.55. The number of non-ortho nitro benzene ring substituents is 1. The van der Waals surface area contributed by atoms with Crippen molar-refractivity contribution in [2.45, 2.75) is 25.2 Å². The summed E-state index contributed by atoms with van der Waals surface area (Å²) < 4.78 is 0.888. The number of hydrogen-bond acceptors (Lipinski definition) is 9. The molecule has 0 spiro atoms. The van der Waals surface area contributed by atoms with Crippen LogP contribution in [0.1, 0.15) is 40.5 Å². The molecule has 3 N–H and O–H groups in total. The Morgan fingerprint density at radius 2 is 1.77 bits per heavy atom. The maximum Gasteiger partial charge on any atom is 0.275 e. The quantitative estimate of drug-likeness (QED) is 0.0975. The van der Waals surface area contributed by atoms with Crippen LogP contribution in [0.3, 0.4) is 0 Å². The van der Waals surface area contributed by atoms with Gasteiger partial charge < -0.3 is 10.4 Å². The van der Waals surface area contributed by atoms with Gasteiger partial charge in [-0.15, -0.1) is 11.3 Å². The summed E-state index contributed by atoms with van der Waals surface area (Å²) >= 11 is 1.34. The molecule has 5 rings (SSSR count). The third kappa shape index (κ3) is 6.80. The predicted molar refractivity (Wildman–Crippen MR) is 164 cm³/mol. The molecule has 43 heavy (non-hydrogen) atoms. The van der Waals surface area contributed by atoms with Gasteiger partial charge in [0.05, 0.1) is 32.5 Å². The predicted octanol–water partition coefficient (Wildman–Crippen LogP) is 6.27. The zero-order chi connectivity index (χ0) is 30.3. The number of aromatic hydroxyl groups is 1. The first kappa shape index (κ1) is 28.8. The summed E-state index contributed by atoms with van der Waals surface area (Å²) in [6.07, 6.45) is 0.458. The van der Waals surface area contributed by atoms with Crippen molar-refractivity contribution in [3.8, 4) is 11.8 Å². The third-order valence-electron chi connectivity index (χ3n) is 6.61. The largest absolute Gasteiger partial charge is 0.507 e. The number of rotatable bonds is 10. The minimum absolute atomic E-state index is 0.0200. The number of nitriles is 1. The number of benzene rings is 4. The first-order chi connectivity index (χ1) is 20.8. The minimum atomic E-state index is -0.900. The lowest BCUT2D eigenvalue weighted by Gasteiger charge is -2.12. The van der Waals surface area contributed by atoms with Gasteiger partial charge in [-0.25, -0.2) is 10.4 Å². The van der Waals surface area contributed by atoms with Gasteiger partial charge in [-0.1, -0.05) is 42.5 Å². The van der Waals surface area contributed by atoms with Gasteiger partial charge in [-0.2, -0.15) is 10.4 Å². The van der Waals surface area contributed by atoms with Crippen LogP contribution in [0.25, 0.3) is 21.0 Å². The van der Waals surface area contributed by atoms with E-state index in [1.165, 1.54) is 35.6 Å². The van der Waals surface area contributed by atoms with Crippen LogP contribution in [-0.2, 0) is 4.79 Å². The van der Waals surface area contributed by atoms with Gasteiger partial charge in [-0.3, -0.25) is 19.7 Å². The van der Waals surface area contributed by atoms with E-state index in [0.29, 0.717) is 16.4 Å². The maximum absolute atomic E-state index is 13.1. The molecule has 1 atom stereocenters. The van der Waals surface area contributed by atoms with E-state index in [1.807, 2.05) is 48.5 Å². The van der Waals surface area contributed by atoms with Gasteiger partial charge >= 0.3 is 0 Å². The highest BCUT2D eigenvalue weighted by molar-refractivity contribution is 7.18. The normalized spacial score (nSPS) is 12.0.